The summed E-state index contributed by atoms with van der Waals surface area (Å²) in [4.78, 5) is 0. The van der Waals surface area contributed by atoms with Crippen LogP contribution in [-0.2, 0) is 31.7 Å². The molecule has 0 radical (unpaired) electrons. The van der Waals surface area contributed by atoms with Crippen LogP contribution in [0.15, 0.2) is 36.4 Å². The largest absolute Gasteiger partial charge is 0.507 e. The van der Waals surface area contributed by atoms with Crippen LogP contribution in [0.5, 0.6) is 17.2 Å². The monoisotopic (exact) mass is 670 g/mol. The standard InChI is InChI=1S/C43H58O6/c1-43(35-21-33(26-45)41(48)38(23-35)30-13-7-3-8-14-30,36-22-34(27-46)42(49)39(24-36)31-15-9-4-10-16-31)18-17-28-19-32(25-44)40(47)37(20-28)29-11-5-2-6-12-29/h19-24,29-31,44-49H,2-18,25-27H2,1H3. The predicted octanol–water partition coefficient (Wildman–Crippen LogP) is 9.36. The molecular weight excluding hydrogens is 612 g/mol. The number of benzene rings is 3. The van der Waals surface area contributed by atoms with Gasteiger partial charge in [0, 0.05) is 22.1 Å². The smallest absolute Gasteiger partial charge is 0.124 e. The first-order valence-corrected chi connectivity index (χ1v) is 19.2. The van der Waals surface area contributed by atoms with Crippen LogP contribution in [0.2, 0.25) is 0 Å². The van der Waals surface area contributed by atoms with Crippen molar-refractivity contribution < 1.29 is 30.6 Å². The number of hydrogen-bond donors (Lipinski definition) is 6. The molecule has 0 aromatic heterocycles. The molecule has 3 aliphatic rings. The number of phenols is 3. The van der Waals surface area contributed by atoms with Gasteiger partial charge in [0.2, 0.25) is 0 Å². The fraction of sp³-hybridized carbons (Fsp3) is 0.581. The molecule has 0 aliphatic heterocycles. The van der Waals surface area contributed by atoms with Crippen LogP contribution in [0.25, 0.3) is 0 Å². The molecule has 6 heteroatoms. The van der Waals surface area contributed by atoms with Gasteiger partial charge in [-0.05, 0) is 121 Å². The third-order valence-corrected chi connectivity index (χ3v) is 12.5. The first-order chi connectivity index (χ1) is 23.8. The van der Waals surface area contributed by atoms with E-state index >= 15 is 0 Å². The maximum atomic E-state index is 11.4. The second-order valence-corrected chi connectivity index (χ2v) is 15.7. The Morgan fingerprint density at radius 2 is 0.837 bits per heavy atom. The lowest BCUT2D eigenvalue weighted by molar-refractivity contribution is 0.273. The summed E-state index contributed by atoms with van der Waals surface area (Å²) in [7, 11) is 0. The molecule has 6 nitrogen and oxygen atoms in total. The first kappa shape index (κ1) is 35.8. The predicted molar refractivity (Wildman–Crippen MR) is 194 cm³/mol. The third kappa shape index (κ3) is 7.52. The van der Waals surface area contributed by atoms with E-state index in [1.807, 2.05) is 18.2 Å². The van der Waals surface area contributed by atoms with Gasteiger partial charge in [-0.2, -0.15) is 0 Å². The Kier molecular flexibility index (Phi) is 11.6. The van der Waals surface area contributed by atoms with Crippen LogP contribution in [0.1, 0.15) is 177 Å². The highest BCUT2D eigenvalue weighted by Crippen LogP contribution is 2.48. The van der Waals surface area contributed by atoms with Gasteiger partial charge >= 0.3 is 0 Å². The Labute approximate surface area is 292 Å². The summed E-state index contributed by atoms with van der Waals surface area (Å²) in [6.07, 6.45) is 17.9. The van der Waals surface area contributed by atoms with Crippen LogP contribution in [0, 0.1) is 0 Å². The summed E-state index contributed by atoms with van der Waals surface area (Å²) in [5.74, 6) is 1.39. The molecule has 0 atom stereocenters. The Balaban J connectivity index is 1.48. The molecule has 0 amide bonds. The Bertz CT molecular complexity index is 1500. The molecule has 266 valence electrons. The molecule has 3 aromatic carbocycles. The second kappa shape index (κ2) is 15.9. The lowest BCUT2D eigenvalue weighted by Crippen LogP contribution is -2.26. The molecule has 0 bridgehead atoms. The Hall–Kier alpha value is -3.06. The van der Waals surface area contributed by atoms with Gasteiger partial charge in [0.25, 0.3) is 0 Å². The average Bonchev–Trinajstić information content (AvgIpc) is 3.15. The van der Waals surface area contributed by atoms with E-state index in [1.54, 1.807) is 0 Å². The number of aliphatic hydroxyl groups is 3. The van der Waals surface area contributed by atoms with Crippen molar-refractivity contribution in [1.29, 1.82) is 0 Å². The fourth-order valence-corrected chi connectivity index (χ4v) is 9.39. The Morgan fingerprint density at radius 1 is 0.490 bits per heavy atom. The van der Waals surface area contributed by atoms with E-state index in [0.717, 1.165) is 110 Å². The van der Waals surface area contributed by atoms with Crippen LogP contribution < -0.4 is 0 Å². The maximum Gasteiger partial charge on any atom is 0.124 e. The lowest BCUT2D eigenvalue weighted by atomic mass is 9.69. The normalized spacial score (nSPS) is 18.6. The van der Waals surface area contributed by atoms with Crippen LogP contribution in [-0.4, -0.2) is 30.6 Å². The first-order valence-electron chi connectivity index (χ1n) is 19.2. The van der Waals surface area contributed by atoms with E-state index in [9.17, 15) is 30.6 Å². The van der Waals surface area contributed by atoms with E-state index in [1.165, 1.54) is 19.3 Å². The molecular formula is C43H58O6. The minimum absolute atomic E-state index is 0.202. The van der Waals surface area contributed by atoms with Gasteiger partial charge in [-0.3, -0.25) is 0 Å². The summed E-state index contributed by atoms with van der Waals surface area (Å²) in [6, 6.07) is 12.3. The number of aliphatic hydroxyl groups excluding tert-OH is 3. The number of hydrogen-bond acceptors (Lipinski definition) is 6. The second-order valence-electron chi connectivity index (χ2n) is 15.7. The van der Waals surface area contributed by atoms with E-state index in [4.69, 9.17) is 0 Å². The molecule has 0 unspecified atom stereocenters. The fourth-order valence-electron chi connectivity index (χ4n) is 9.39. The minimum atomic E-state index is -0.607. The van der Waals surface area contributed by atoms with Gasteiger partial charge in [-0.15, -0.1) is 0 Å². The molecule has 6 N–H and O–H groups in total. The molecule has 3 saturated carbocycles. The van der Waals surface area contributed by atoms with Crippen LogP contribution in [0.3, 0.4) is 0 Å². The highest BCUT2D eigenvalue weighted by molar-refractivity contribution is 5.54. The van der Waals surface area contributed by atoms with Gasteiger partial charge in [0.15, 0.2) is 0 Å². The highest BCUT2D eigenvalue weighted by atomic mass is 16.3. The SMILES string of the molecule is CC(CCc1cc(CO)c(O)c(C2CCCCC2)c1)(c1cc(CO)c(O)c(C2CCCCC2)c1)c1cc(CO)c(O)c(C2CCCCC2)c1. The van der Waals surface area contributed by atoms with Crippen molar-refractivity contribution in [3.8, 4) is 17.2 Å². The number of aryl methyl sites for hydroxylation is 1. The van der Waals surface area contributed by atoms with Crippen molar-refractivity contribution in [2.75, 3.05) is 0 Å². The molecule has 3 fully saturated rings. The summed E-state index contributed by atoms with van der Waals surface area (Å²) < 4.78 is 0. The van der Waals surface area contributed by atoms with Crippen molar-refractivity contribution in [3.05, 3.63) is 86.5 Å². The lowest BCUT2D eigenvalue weighted by Gasteiger charge is -2.35. The zero-order valence-electron chi connectivity index (χ0n) is 29.5. The topological polar surface area (TPSA) is 121 Å². The van der Waals surface area contributed by atoms with Crippen molar-refractivity contribution >= 4 is 0 Å². The molecule has 6 rings (SSSR count). The van der Waals surface area contributed by atoms with Gasteiger partial charge < -0.3 is 30.6 Å². The summed E-state index contributed by atoms with van der Waals surface area (Å²) in [5.41, 5.74) is 6.87. The quantitative estimate of drug-likeness (QED) is 0.121. The summed E-state index contributed by atoms with van der Waals surface area (Å²) in [5, 5.41) is 65.3. The van der Waals surface area contributed by atoms with E-state index < -0.39 is 5.41 Å². The summed E-state index contributed by atoms with van der Waals surface area (Å²) >= 11 is 0. The van der Waals surface area contributed by atoms with Gasteiger partial charge in [0.1, 0.15) is 17.2 Å². The van der Waals surface area contributed by atoms with Crippen molar-refractivity contribution in [2.24, 2.45) is 0 Å². The van der Waals surface area contributed by atoms with Crippen LogP contribution >= 0.6 is 0 Å². The minimum Gasteiger partial charge on any atom is -0.507 e. The number of rotatable bonds is 11. The molecule has 0 heterocycles. The average molecular weight is 671 g/mol. The van der Waals surface area contributed by atoms with E-state index in [-0.39, 0.29) is 54.8 Å². The zero-order valence-corrected chi connectivity index (χ0v) is 29.5. The van der Waals surface area contributed by atoms with Gasteiger partial charge in [0.05, 0.1) is 19.8 Å². The molecule has 0 spiro atoms. The highest BCUT2D eigenvalue weighted by Gasteiger charge is 2.34. The maximum absolute atomic E-state index is 11.4. The molecule has 3 aliphatic carbocycles. The third-order valence-electron chi connectivity index (χ3n) is 12.5. The van der Waals surface area contributed by atoms with E-state index in [2.05, 4.69) is 25.1 Å². The molecule has 0 saturated heterocycles. The van der Waals surface area contributed by atoms with E-state index in [0.29, 0.717) is 29.5 Å². The van der Waals surface area contributed by atoms with Crippen molar-refractivity contribution in [3.63, 3.8) is 0 Å². The molecule has 49 heavy (non-hydrogen) atoms. The van der Waals surface area contributed by atoms with Crippen LogP contribution in [0.4, 0.5) is 0 Å². The van der Waals surface area contributed by atoms with Crippen molar-refractivity contribution in [1.82, 2.24) is 0 Å². The zero-order chi connectivity index (χ0) is 34.5. The van der Waals surface area contributed by atoms with Crippen molar-refractivity contribution in [2.45, 2.75) is 159 Å². The Morgan fingerprint density at radius 3 is 1.20 bits per heavy atom. The molecule has 3 aromatic rings. The van der Waals surface area contributed by atoms with Gasteiger partial charge in [-0.25, -0.2) is 0 Å². The van der Waals surface area contributed by atoms with Gasteiger partial charge in [-0.1, -0.05) is 82.9 Å². The number of aromatic hydroxyl groups is 3. The summed E-state index contributed by atoms with van der Waals surface area (Å²) in [6.45, 7) is 1.48.